The first-order valence-corrected chi connectivity index (χ1v) is 5.08. The third kappa shape index (κ3) is 2.20. The van der Waals surface area contributed by atoms with E-state index < -0.39 is 0 Å². The van der Waals surface area contributed by atoms with Gasteiger partial charge >= 0.3 is 0 Å². The Bertz CT molecular complexity index is 158. The molecule has 13 heavy (non-hydrogen) atoms. The van der Waals surface area contributed by atoms with Gasteiger partial charge in [0.05, 0.1) is 25.4 Å². The van der Waals surface area contributed by atoms with Gasteiger partial charge < -0.3 is 15.2 Å². The van der Waals surface area contributed by atoms with Crippen molar-refractivity contribution in [2.24, 2.45) is 0 Å². The van der Waals surface area contributed by atoms with Crippen LogP contribution in [0.2, 0.25) is 0 Å². The lowest BCUT2D eigenvalue weighted by Crippen LogP contribution is -2.44. The molecule has 0 aromatic carbocycles. The lowest BCUT2D eigenvalue weighted by Gasteiger charge is -2.27. The van der Waals surface area contributed by atoms with E-state index in [4.69, 9.17) is 4.74 Å². The maximum atomic E-state index is 9.65. The Morgan fingerprint density at radius 2 is 2.15 bits per heavy atom. The number of rotatable bonds is 1. The topological polar surface area (TPSA) is 44.7 Å². The van der Waals surface area contributed by atoms with Gasteiger partial charge in [-0.2, -0.15) is 0 Å². The van der Waals surface area contributed by atoms with Crippen molar-refractivity contribution in [2.45, 2.75) is 18.6 Å². The number of aliphatic hydroxyl groups excluding tert-OH is 1. The summed E-state index contributed by atoms with van der Waals surface area (Å²) in [6.45, 7) is 5.45. The predicted octanol–water partition coefficient (Wildman–Crippen LogP) is -0.959. The fraction of sp³-hybridized carbons (Fsp3) is 1.00. The summed E-state index contributed by atoms with van der Waals surface area (Å²) in [5.41, 5.74) is 0. The molecular formula is C9H18N2O2. The predicted molar refractivity (Wildman–Crippen MR) is 49.7 cm³/mol. The summed E-state index contributed by atoms with van der Waals surface area (Å²) in [7, 11) is 0. The second kappa shape index (κ2) is 4.37. The molecule has 0 bridgehead atoms. The number of nitrogens with one attached hydrogen (secondary N) is 1. The molecule has 0 radical (unpaired) electrons. The van der Waals surface area contributed by atoms with E-state index in [9.17, 15) is 5.11 Å². The van der Waals surface area contributed by atoms with Crippen molar-refractivity contribution in [1.29, 1.82) is 0 Å². The molecule has 2 heterocycles. The highest BCUT2D eigenvalue weighted by Gasteiger charge is 2.31. The molecule has 0 amide bonds. The summed E-state index contributed by atoms with van der Waals surface area (Å²) in [5.74, 6) is 0. The van der Waals surface area contributed by atoms with Gasteiger partial charge in [-0.25, -0.2) is 0 Å². The van der Waals surface area contributed by atoms with Crippen molar-refractivity contribution < 1.29 is 9.84 Å². The summed E-state index contributed by atoms with van der Waals surface area (Å²) in [6, 6.07) is 0.236. The monoisotopic (exact) mass is 186 g/mol. The number of hydrogen-bond acceptors (Lipinski definition) is 4. The van der Waals surface area contributed by atoms with Gasteiger partial charge in [0.25, 0.3) is 0 Å². The van der Waals surface area contributed by atoms with Gasteiger partial charge in [-0.3, -0.25) is 4.90 Å². The smallest absolute Gasteiger partial charge is 0.0950 e. The van der Waals surface area contributed by atoms with Gasteiger partial charge in [-0.15, -0.1) is 0 Å². The van der Waals surface area contributed by atoms with E-state index in [2.05, 4.69) is 10.2 Å². The average molecular weight is 186 g/mol. The van der Waals surface area contributed by atoms with Gasteiger partial charge in [0, 0.05) is 13.1 Å². The molecule has 0 spiro atoms. The van der Waals surface area contributed by atoms with E-state index in [1.54, 1.807) is 0 Å². The fourth-order valence-electron chi connectivity index (χ4n) is 2.08. The Kier molecular flexibility index (Phi) is 3.16. The molecule has 4 heteroatoms. The van der Waals surface area contributed by atoms with E-state index in [0.29, 0.717) is 13.2 Å². The van der Waals surface area contributed by atoms with Crippen molar-refractivity contribution in [1.82, 2.24) is 10.2 Å². The molecule has 4 nitrogen and oxygen atoms in total. The molecule has 2 aliphatic rings. The van der Waals surface area contributed by atoms with Gasteiger partial charge in [0.2, 0.25) is 0 Å². The van der Waals surface area contributed by atoms with Crippen LogP contribution in [0.4, 0.5) is 0 Å². The Balaban J connectivity index is 1.89. The molecule has 2 aliphatic heterocycles. The molecule has 2 saturated heterocycles. The molecule has 0 aliphatic carbocycles. The summed E-state index contributed by atoms with van der Waals surface area (Å²) >= 11 is 0. The van der Waals surface area contributed by atoms with Crippen LogP contribution in [0.1, 0.15) is 6.42 Å². The first-order valence-electron chi connectivity index (χ1n) is 5.08. The second-order valence-electron chi connectivity index (χ2n) is 3.81. The van der Waals surface area contributed by atoms with Crippen molar-refractivity contribution in [3.63, 3.8) is 0 Å². The standard InChI is InChI=1S/C9H18N2O2/c12-9-7-13-6-8(9)11-4-1-2-10-3-5-11/h8-10,12H,1-7H2/t8-,9-/m0/s1. The number of aliphatic hydroxyl groups is 1. The molecule has 2 fully saturated rings. The Morgan fingerprint density at radius 3 is 2.92 bits per heavy atom. The maximum Gasteiger partial charge on any atom is 0.0950 e. The Morgan fingerprint density at radius 1 is 1.23 bits per heavy atom. The summed E-state index contributed by atoms with van der Waals surface area (Å²) in [6.07, 6.45) is 0.890. The second-order valence-corrected chi connectivity index (χ2v) is 3.81. The van der Waals surface area contributed by atoms with Crippen LogP contribution in [0.25, 0.3) is 0 Å². The highest BCUT2D eigenvalue weighted by molar-refractivity contribution is 4.84. The number of nitrogens with zero attached hydrogens (tertiary/aromatic N) is 1. The minimum absolute atomic E-state index is 0.236. The Labute approximate surface area is 78.9 Å². The van der Waals surface area contributed by atoms with Crippen LogP contribution in [0.3, 0.4) is 0 Å². The van der Waals surface area contributed by atoms with E-state index in [1.165, 1.54) is 6.42 Å². The molecule has 0 unspecified atom stereocenters. The third-order valence-electron chi connectivity index (χ3n) is 2.87. The number of ether oxygens (including phenoxy) is 1. The zero-order valence-corrected chi connectivity index (χ0v) is 7.91. The van der Waals surface area contributed by atoms with Crippen LogP contribution >= 0.6 is 0 Å². The van der Waals surface area contributed by atoms with Gasteiger partial charge in [-0.1, -0.05) is 0 Å². The Hall–Kier alpha value is -0.160. The highest BCUT2D eigenvalue weighted by atomic mass is 16.5. The summed E-state index contributed by atoms with van der Waals surface area (Å²) in [4.78, 5) is 2.34. The zero-order valence-electron chi connectivity index (χ0n) is 7.91. The molecule has 0 saturated carbocycles. The van der Waals surface area contributed by atoms with E-state index in [0.717, 1.165) is 26.2 Å². The van der Waals surface area contributed by atoms with Crippen molar-refractivity contribution in [3.05, 3.63) is 0 Å². The molecule has 76 valence electrons. The summed E-state index contributed by atoms with van der Waals surface area (Å²) in [5, 5.41) is 13.0. The first-order chi connectivity index (χ1) is 6.38. The highest BCUT2D eigenvalue weighted by Crippen LogP contribution is 2.13. The zero-order chi connectivity index (χ0) is 9.10. The van der Waals surface area contributed by atoms with E-state index >= 15 is 0 Å². The van der Waals surface area contributed by atoms with Gasteiger partial charge in [-0.05, 0) is 19.5 Å². The first kappa shape index (κ1) is 9.40. The van der Waals surface area contributed by atoms with Crippen molar-refractivity contribution in [2.75, 3.05) is 39.4 Å². The van der Waals surface area contributed by atoms with Crippen LogP contribution in [0.5, 0.6) is 0 Å². The van der Waals surface area contributed by atoms with Crippen LogP contribution in [0, 0.1) is 0 Å². The van der Waals surface area contributed by atoms with Crippen LogP contribution < -0.4 is 5.32 Å². The average Bonchev–Trinajstić information content (AvgIpc) is 2.43. The quantitative estimate of drug-likeness (QED) is 0.554. The molecule has 2 rings (SSSR count). The minimum atomic E-state index is -0.280. The molecular weight excluding hydrogens is 168 g/mol. The van der Waals surface area contributed by atoms with Gasteiger partial charge in [0.15, 0.2) is 0 Å². The summed E-state index contributed by atoms with van der Waals surface area (Å²) < 4.78 is 5.25. The molecule has 0 aromatic rings. The molecule has 0 aromatic heterocycles. The minimum Gasteiger partial charge on any atom is -0.389 e. The fourth-order valence-corrected chi connectivity index (χ4v) is 2.08. The van der Waals surface area contributed by atoms with Crippen LogP contribution in [0.15, 0.2) is 0 Å². The van der Waals surface area contributed by atoms with Crippen LogP contribution in [-0.2, 0) is 4.74 Å². The maximum absolute atomic E-state index is 9.65. The number of hydrogen-bond donors (Lipinski definition) is 2. The van der Waals surface area contributed by atoms with Crippen LogP contribution in [-0.4, -0.2) is 61.5 Å². The lowest BCUT2D eigenvalue weighted by molar-refractivity contribution is 0.0857. The normalized spacial score (nSPS) is 37.6. The van der Waals surface area contributed by atoms with E-state index in [1.807, 2.05) is 0 Å². The molecule has 2 atom stereocenters. The SMILES string of the molecule is O[C@H]1COC[C@@H]1N1CCCNCC1. The van der Waals surface area contributed by atoms with Crippen molar-refractivity contribution >= 4 is 0 Å². The van der Waals surface area contributed by atoms with E-state index in [-0.39, 0.29) is 12.1 Å². The van der Waals surface area contributed by atoms with Gasteiger partial charge in [0.1, 0.15) is 0 Å². The van der Waals surface area contributed by atoms with Crippen molar-refractivity contribution in [3.8, 4) is 0 Å². The third-order valence-corrected chi connectivity index (χ3v) is 2.87. The lowest BCUT2D eigenvalue weighted by atomic mass is 10.2. The largest absolute Gasteiger partial charge is 0.389 e. The molecule has 2 N–H and O–H groups in total.